The molecule has 2 aromatic rings. The van der Waals surface area contributed by atoms with E-state index in [0.717, 1.165) is 56.4 Å². The van der Waals surface area contributed by atoms with Gasteiger partial charge in [0.15, 0.2) is 0 Å². The van der Waals surface area contributed by atoms with E-state index >= 15 is 0 Å². The van der Waals surface area contributed by atoms with Crippen molar-refractivity contribution in [3.05, 3.63) is 35.5 Å². The highest BCUT2D eigenvalue weighted by Gasteiger charge is 2.34. The number of benzene rings is 1. The number of hydrogen-bond donors (Lipinski definition) is 3. The van der Waals surface area contributed by atoms with Crippen molar-refractivity contribution in [2.24, 2.45) is 0 Å². The molecule has 0 radical (unpaired) electrons. The van der Waals surface area contributed by atoms with E-state index in [0.29, 0.717) is 6.04 Å². The summed E-state index contributed by atoms with van der Waals surface area (Å²) >= 11 is 0. The zero-order valence-corrected chi connectivity index (χ0v) is 16.7. The third kappa shape index (κ3) is 5.29. The van der Waals surface area contributed by atoms with E-state index in [1.807, 2.05) is 13.1 Å². The van der Waals surface area contributed by atoms with Crippen molar-refractivity contribution in [2.75, 3.05) is 36.1 Å². The lowest BCUT2D eigenvalue weighted by molar-refractivity contribution is -0.136. The van der Waals surface area contributed by atoms with Crippen molar-refractivity contribution in [3.8, 4) is 0 Å². The molecule has 29 heavy (non-hydrogen) atoms. The largest absolute Gasteiger partial charge is 0.418 e. The van der Waals surface area contributed by atoms with Crippen LogP contribution in [0.1, 0.15) is 37.4 Å². The molecule has 1 atom stereocenters. The van der Waals surface area contributed by atoms with Crippen molar-refractivity contribution in [1.82, 2.24) is 15.3 Å². The number of aryl methyl sites for hydroxylation is 1. The van der Waals surface area contributed by atoms with E-state index in [1.54, 1.807) is 0 Å². The van der Waals surface area contributed by atoms with Crippen molar-refractivity contribution >= 4 is 23.1 Å². The van der Waals surface area contributed by atoms with Gasteiger partial charge in [0, 0.05) is 36.6 Å². The lowest BCUT2D eigenvalue weighted by atomic mass is 10.1. The first kappa shape index (κ1) is 21.2. The van der Waals surface area contributed by atoms with Gasteiger partial charge in [-0.15, -0.1) is 0 Å². The van der Waals surface area contributed by atoms with Crippen LogP contribution in [0.15, 0.2) is 24.3 Å². The van der Waals surface area contributed by atoms with Crippen LogP contribution < -0.4 is 21.3 Å². The van der Waals surface area contributed by atoms with Crippen LogP contribution in [0.5, 0.6) is 0 Å². The van der Waals surface area contributed by atoms with E-state index in [1.165, 1.54) is 12.1 Å². The lowest BCUT2D eigenvalue weighted by Gasteiger charge is -2.20. The maximum atomic E-state index is 13.4. The SMILES string of the molecule is CCCCc1cc(N2CC[C@H](NC)C2)nc(Nc2ccc(N)cc2C(F)(F)F)n1. The molecule has 1 saturated heterocycles. The number of nitrogens with zero attached hydrogens (tertiary/aromatic N) is 3. The standard InChI is InChI=1S/C20H27F3N6/c1-3-4-5-14-11-18(29-9-8-15(12-29)25-2)28-19(26-14)27-17-7-6-13(24)10-16(17)20(21,22)23/h6-7,10-11,15,25H,3-5,8-9,12,24H2,1-2H3,(H,26,27,28)/t15-/m0/s1. The van der Waals surface area contributed by atoms with Crippen LogP contribution in [0.3, 0.4) is 0 Å². The average Bonchev–Trinajstić information content (AvgIpc) is 3.16. The number of hydrogen-bond acceptors (Lipinski definition) is 6. The molecule has 6 nitrogen and oxygen atoms in total. The molecule has 1 aliphatic heterocycles. The van der Waals surface area contributed by atoms with Crippen molar-refractivity contribution < 1.29 is 13.2 Å². The summed E-state index contributed by atoms with van der Waals surface area (Å²) in [5, 5.41) is 6.03. The van der Waals surface area contributed by atoms with Gasteiger partial charge in [-0.1, -0.05) is 13.3 Å². The summed E-state index contributed by atoms with van der Waals surface area (Å²) in [5.41, 5.74) is 5.48. The van der Waals surface area contributed by atoms with Crippen LogP contribution in [-0.2, 0) is 12.6 Å². The van der Waals surface area contributed by atoms with Crippen LogP contribution in [-0.4, -0.2) is 36.1 Å². The number of nitrogens with two attached hydrogens (primary N) is 1. The monoisotopic (exact) mass is 408 g/mol. The van der Waals surface area contributed by atoms with Crippen molar-refractivity contribution in [3.63, 3.8) is 0 Å². The molecule has 0 unspecified atom stereocenters. The van der Waals surface area contributed by atoms with Crippen LogP contribution in [0.2, 0.25) is 0 Å². The Morgan fingerprint density at radius 3 is 2.69 bits per heavy atom. The summed E-state index contributed by atoms with van der Waals surface area (Å²) in [7, 11) is 1.92. The van der Waals surface area contributed by atoms with Gasteiger partial charge in [0.2, 0.25) is 5.95 Å². The van der Waals surface area contributed by atoms with E-state index < -0.39 is 11.7 Å². The van der Waals surface area contributed by atoms with E-state index in [9.17, 15) is 13.2 Å². The molecule has 158 valence electrons. The summed E-state index contributed by atoms with van der Waals surface area (Å²) in [6, 6.07) is 5.97. The molecule has 9 heteroatoms. The predicted molar refractivity (Wildman–Crippen MR) is 109 cm³/mol. The van der Waals surface area contributed by atoms with E-state index in [2.05, 4.69) is 32.4 Å². The Balaban J connectivity index is 1.93. The Kier molecular flexibility index (Phi) is 6.46. The molecule has 0 bridgehead atoms. The second-order valence-electron chi connectivity index (χ2n) is 7.29. The first-order chi connectivity index (χ1) is 13.8. The molecular formula is C20H27F3N6. The molecule has 0 spiro atoms. The van der Waals surface area contributed by atoms with Crippen LogP contribution in [0, 0.1) is 0 Å². The highest BCUT2D eigenvalue weighted by atomic mass is 19.4. The smallest absolute Gasteiger partial charge is 0.399 e. The summed E-state index contributed by atoms with van der Waals surface area (Å²) in [6.45, 7) is 3.73. The number of anilines is 4. The zero-order chi connectivity index (χ0) is 21.0. The second kappa shape index (κ2) is 8.86. The summed E-state index contributed by atoms with van der Waals surface area (Å²) in [6.07, 6.45) is -0.842. The van der Waals surface area contributed by atoms with Crippen molar-refractivity contribution in [2.45, 2.75) is 44.8 Å². The quantitative estimate of drug-likeness (QED) is 0.602. The van der Waals surface area contributed by atoms with Gasteiger partial charge in [-0.2, -0.15) is 18.2 Å². The summed E-state index contributed by atoms with van der Waals surface area (Å²) in [5.74, 6) is 0.895. The van der Waals surface area contributed by atoms with Gasteiger partial charge in [0.05, 0.1) is 11.3 Å². The fourth-order valence-corrected chi connectivity index (χ4v) is 3.42. The Hall–Kier alpha value is -2.55. The van der Waals surface area contributed by atoms with Crippen LogP contribution in [0.4, 0.5) is 36.3 Å². The minimum Gasteiger partial charge on any atom is -0.399 e. The van der Waals surface area contributed by atoms with Gasteiger partial charge >= 0.3 is 6.18 Å². The molecule has 1 aromatic heterocycles. The molecule has 4 N–H and O–H groups in total. The second-order valence-corrected chi connectivity index (χ2v) is 7.29. The number of rotatable bonds is 7. The molecular weight excluding hydrogens is 381 g/mol. The average molecular weight is 408 g/mol. The Morgan fingerprint density at radius 1 is 1.24 bits per heavy atom. The minimum absolute atomic E-state index is 0.0522. The third-order valence-corrected chi connectivity index (χ3v) is 5.07. The first-order valence-electron chi connectivity index (χ1n) is 9.84. The van der Waals surface area contributed by atoms with E-state index in [-0.39, 0.29) is 17.3 Å². The first-order valence-corrected chi connectivity index (χ1v) is 9.84. The van der Waals surface area contributed by atoms with Gasteiger partial charge in [-0.3, -0.25) is 0 Å². The molecule has 3 rings (SSSR count). The molecule has 1 fully saturated rings. The molecule has 1 aromatic carbocycles. The molecule has 0 saturated carbocycles. The number of unbranched alkanes of at least 4 members (excludes halogenated alkanes) is 1. The predicted octanol–water partition coefficient (Wildman–Crippen LogP) is 3.96. The molecule has 0 aliphatic carbocycles. The van der Waals surface area contributed by atoms with Crippen LogP contribution in [0.25, 0.3) is 0 Å². The van der Waals surface area contributed by atoms with Crippen molar-refractivity contribution in [1.29, 1.82) is 0 Å². The normalized spacial score (nSPS) is 17.0. The number of nitrogen functional groups attached to an aromatic ring is 1. The Labute approximate surface area is 168 Å². The zero-order valence-electron chi connectivity index (χ0n) is 16.7. The van der Waals surface area contributed by atoms with Gasteiger partial charge in [0.1, 0.15) is 5.82 Å². The number of alkyl halides is 3. The Bertz CT molecular complexity index is 839. The number of likely N-dealkylation sites (N-methyl/N-ethyl adjacent to an activating group) is 1. The topological polar surface area (TPSA) is 79.1 Å². The maximum absolute atomic E-state index is 13.4. The highest BCUT2D eigenvalue weighted by molar-refractivity contribution is 5.64. The third-order valence-electron chi connectivity index (χ3n) is 5.07. The number of nitrogens with one attached hydrogen (secondary N) is 2. The maximum Gasteiger partial charge on any atom is 0.418 e. The molecule has 2 heterocycles. The fraction of sp³-hybridized carbons (Fsp3) is 0.500. The van der Waals surface area contributed by atoms with Gasteiger partial charge in [-0.25, -0.2) is 4.98 Å². The number of halogens is 3. The van der Waals surface area contributed by atoms with Gasteiger partial charge in [-0.05, 0) is 44.5 Å². The molecule has 1 aliphatic rings. The number of aromatic nitrogens is 2. The highest BCUT2D eigenvalue weighted by Crippen LogP contribution is 2.37. The summed E-state index contributed by atoms with van der Waals surface area (Å²) < 4.78 is 40.3. The molecule has 0 amide bonds. The summed E-state index contributed by atoms with van der Waals surface area (Å²) in [4.78, 5) is 11.1. The lowest BCUT2D eigenvalue weighted by Crippen LogP contribution is -2.30. The van der Waals surface area contributed by atoms with E-state index in [4.69, 9.17) is 5.73 Å². The van der Waals surface area contributed by atoms with Gasteiger partial charge in [0.25, 0.3) is 0 Å². The minimum atomic E-state index is -4.53. The fourth-order valence-electron chi connectivity index (χ4n) is 3.42. The van der Waals surface area contributed by atoms with Crippen LogP contribution >= 0.6 is 0 Å². The Morgan fingerprint density at radius 2 is 2.03 bits per heavy atom. The van der Waals surface area contributed by atoms with Gasteiger partial charge < -0.3 is 21.3 Å².